The molecule has 2 rings (SSSR count). The van der Waals surface area contributed by atoms with E-state index in [4.69, 9.17) is 4.74 Å². The second-order valence-electron chi connectivity index (χ2n) is 5.09. The van der Waals surface area contributed by atoms with E-state index in [0.29, 0.717) is 17.6 Å². The van der Waals surface area contributed by atoms with Gasteiger partial charge in [-0.1, -0.05) is 38.1 Å². The molecule has 0 atom stereocenters. The number of nitrogens with zero attached hydrogens (tertiary/aromatic N) is 2. The first-order valence-corrected chi connectivity index (χ1v) is 6.81. The van der Waals surface area contributed by atoms with Gasteiger partial charge in [0.15, 0.2) is 0 Å². The minimum atomic E-state index is 0.561. The van der Waals surface area contributed by atoms with E-state index in [2.05, 4.69) is 53.4 Å². The maximum absolute atomic E-state index is 5.14. The maximum Gasteiger partial charge on any atom is 0.218 e. The predicted octanol–water partition coefficient (Wildman–Crippen LogP) is 3.53. The third-order valence-electron chi connectivity index (χ3n) is 3.14. The van der Waals surface area contributed by atoms with Crippen LogP contribution in [0.2, 0.25) is 0 Å². The lowest BCUT2D eigenvalue weighted by molar-refractivity contribution is 0.396. The van der Waals surface area contributed by atoms with Crippen molar-refractivity contribution in [3.63, 3.8) is 0 Å². The molecule has 0 aliphatic heterocycles. The molecule has 0 amide bonds. The van der Waals surface area contributed by atoms with Crippen LogP contribution in [0.1, 0.15) is 36.7 Å². The average molecular weight is 271 g/mol. The first-order chi connectivity index (χ1) is 9.58. The summed E-state index contributed by atoms with van der Waals surface area (Å²) in [6.07, 6.45) is 0. The predicted molar refractivity (Wildman–Crippen MR) is 81.2 cm³/mol. The molecule has 20 heavy (non-hydrogen) atoms. The van der Waals surface area contributed by atoms with Crippen LogP contribution in [0.3, 0.4) is 0 Å². The number of ether oxygens (including phenoxy) is 1. The lowest BCUT2D eigenvalue weighted by Crippen LogP contribution is -2.04. The van der Waals surface area contributed by atoms with Crippen molar-refractivity contribution in [3.8, 4) is 5.88 Å². The summed E-state index contributed by atoms with van der Waals surface area (Å²) in [5.41, 5.74) is 2.58. The monoisotopic (exact) mass is 271 g/mol. The van der Waals surface area contributed by atoms with Crippen LogP contribution in [0.15, 0.2) is 30.3 Å². The van der Waals surface area contributed by atoms with Crippen LogP contribution in [0, 0.1) is 6.92 Å². The molecule has 1 aromatic carbocycles. The molecule has 4 nitrogen and oxygen atoms in total. The fraction of sp³-hybridized carbons (Fsp3) is 0.375. The Kier molecular flexibility index (Phi) is 4.56. The fourth-order valence-corrected chi connectivity index (χ4v) is 1.95. The van der Waals surface area contributed by atoms with Crippen LogP contribution < -0.4 is 10.1 Å². The first kappa shape index (κ1) is 14.3. The lowest BCUT2D eigenvalue weighted by atomic mass is 10.0. The van der Waals surface area contributed by atoms with Gasteiger partial charge < -0.3 is 10.1 Å². The van der Waals surface area contributed by atoms with E-state index >= 15 is 0 Å². The Morgan fingerprint density at radius 3 is 2.45 bits per heavy atom. The maximum atomic E-state index is 5.14. The molecule has 0 aliphatic rings. The number of hydrogen-bond acceptors (Lipinski definition) is 4. The summed E-state index contributed by atoms with van der Waals surface area (Å²) in [5.74, 6) is 2.62. The molecule has 106 valence electrons. The van der Waals surface area contributed by atoms with E-state index < -0.39 is 0 Å². The molecule has 0 radical (unpaired) electrons. The quantitative estimate of drug-likeness (QED) is 0.903. The smallest absolute Gasteiger partial charge is 0.218 e. The van der Waals surface area contributed by atoms with Gasteiger partial charge in [0, 0.05) is 12.6 Å². The van der Waals surface area contributed by atoms with Crippen LogP contribution in [0.25, 0.3) is 0 Å². The minimum absolute atomic E-state index is 0.561. The molecule has 0 unspecified atom stereocenters. The average Bonchev–Trinajstić information content (AvgIpc) is 2.45. The molecule has 1 N–H and O–H groups in total. The number of hydrogen-bond donors (Lipinski definition) is 1. The number of benzene rings is 1. The Hall–Kier alpha value is -2.10. The summed E-state index contributed by atoms with van der Waals surface area (Å²) in [6.45, 7) is 6.98. The molecular formula is C16H21N3O. The van der Waals surface area contributed by atoms with Crippen molar-refractivity contribution in [3.05, 3.63) is 47.3 Å². The Morgan fingerprint density at radius 1 is 1.15 bits per heavy atom. The van der Waals surface area contributed by atoms with Crippen molar-refractivity contribution in [2.24, 2.45) is 0 Å². The SMILES string of the molecule is COc1cc(NCc2ccc(C(C)C)cc2)nc(C)n1. The van der Waals surface area contributed by atoms with E-state index in [9.17, 15) is 0 Å². The fourth-order valence-electron chi connectivity index (χ4n) is 1.95. The summed E-state index contributed by atoms with van der Waals surface area (Å²) < 4.78 is 5.14. The van der Waals surface area contributed by atoms with Gasteiger partial charge in [-0.2, -0.15) is 4.98 Å². The van der Waals surface area contributed by atoms with Crippen molar-refractivity contribution >= 4 is 5.82 Å². The van der Waals surface area contributed by atoms with Gasteiger partial charge >= 0.3 is 0 Å². The van der Waals surface area contributed by atoms with Crippen LogP contribution in [-0.4, -0.2) is 17.1 Å². The van der Waals surface area contributed by atoms with E-state index in [1.165, 1.54) is 11.1 Å². The molecule has 0 fully saturated rings. The Balaban J connectivity index is 2.03. The summed E-state index contributed by atoms with van der Waals surface area (Å²) in [5, 5.41) is 3.29. The first-order valence-electron chi connectivity index (χ1n) is 6.81. The number of nitrogens with one attached hydrogen (secondary N) is 1. The molecule has 1 heterocycles. The van der Waals surface area contributed by atoms with Crippen molar-refractivity contribution in [1.29, 1.82) is 0 Å². The molecule has 0 saturated heterocycles. The highest BCUT2D eigenvalue weighted by atomic mass is 16.5. The third kappa shape index (κ3) is 3.70. The van der Waals surface area contributed by atoms with Gasteiger partial charge in [-0.05, 0) is 24.0 Å². The van der Waals surface area contributed by atoms with Gasteiger partial charge in [0.25, 0.3) is 0 Å². The van der Waals surface area contributed by atoms with Gasteiger partial charge in [-0.3, -0.25) is 0 Å². The zero-order valence-electron chi connectivity index (χ0n) is 12.5. The van der Waals surface area contributed by atoms with Gasteiger partial charge in [-0.15, -0.1) is 0 Å². The standard InChI is InChI=1S/C16H21N3O/c1-11(2)14-7-5-13(6-8-14)10-17-15-9-16(20-4)19-12(3)18-15/h5-9,11H,10H2,1-4H3,(H,17,18,19). The topological polar surface area (TPSA) is 47.0 Å². The number of rotatable bonds is 5. The molecule has 0 spiro atoms. The zero-order chi connectivity index (χ0) is 14.5. The highest BCUT2D eigenvalue weighted by molar-refractivity contribution is 5.39. The van der Waals surface area contributed by atoms with E-state index in [0.717, 1.165) is 12.4 Å². The largest absolute Gasteiger partial charge is 0.481 e. The number of aryl methyl sites for hydroxylation is 1. The number of anilines is 1. The normalized spacial score (nSPS) is 10.7. The second-order valence-corrected chi connectivity index (χ2v) is 5.09. The molecule has 4 heteroatoms. The summed E-state index contributed by atoms with van der Waals surface area (Å²) >= 11 is 0. The highest BCUT2D eigenvalue weighted by Gasteiger charge is 2.02. The van der Waals surface area contributed by atoms with Crippen LogP contribution in [0.4, 0.5) is 5.82 Å². The molecule has 0 saturated carbocycles. The highest BCUT2D eigenvalue weighted by Crippen LogP contribution is 2.16. The van der Waals surface area contributed by atoms with E-state index in [-0.39, 0.29) is 0 Å². The van der Waals surface area contributed by atoms with Crippen molar-refractivity contribution in [2.45, 2.75) is 33.2 Å². The number of aromatic nitrogens is 2. The summed E-state index contributed by atoms with van der Waals surface area (Å²) in [6, 6.07) is 10.4. The van der Waals surface area contributed by atoms with Crippen LogP contribution in [0.5, 0.6) is 5.88 Å². The van der Waals surface area contributed by atoms with Crippen molar-refractivity contribution in [1.82, 2.24) is 9.97 Å². The zero-order valence-corrected chi connectivity index (χ0v) is 12.5. The third-order valence-corrected chi connectivity index (χ3v) is 3.14. The Morgan fingerprint density at radius 2 is 1.85 bits per heavy atom. The van der Waals surface area contributed by atoms with E-state index in [1.54, 1.807) is 13.2 Å². The van der Waals surface area contributed by atoms with E-state index in [1.807, 2.05) is 6.92 Å². The van der Waals surface area contributed by atoms with Crippen molar-refractivity contribution < 1.29 is 4.74 Å². The number of methoxy groups -OCH3 is 1. The minimum Gasteiger partial charge on any atom is -0.481 e. The van der Waals surface area contributed by atoms with Gasteiger partial charge in [0.1, 0.15) is 11.6 Å². The van der Waals surface area contributed by atoms with Gasteiger partial charge in [0.2, 0.25) is 5.88 Å². The summed E-state index contributed by atoms with van der Waals surface area (Å²) in [4.78, 5) is 8.51. The molecule has 1 aromatic heterocycles. The molecule has 2 aromatic rings. The van der Waals surface area contributed by atoms with Crippen LogP contribution >= 0.6 is 0 Å². The molecule has 0 aliphatic carbocycles. The van der Waals surface area contributed by atoms with Gasteiger partial charge in [-0.25, -0.2) is 4.98 Å². The van der Waals surface area contributed by atoms with Gasteiger partial charge in [0.05, 0.1) is 7.11 Å². The lowest BCUT2D eigenvalue weighted by Gasteiger charge is -2.09. The Bertz CT molecular complexity index is 564. The van der Waals surface area contributed by atoms with Crippen molar-refractivity contribution in [2.75, 3.05) is 12.4 Å². The summed E-state index contributed by atoms with van der Waals surface area (Å²) in [7, 11) is 1.61. The second kappa shape index (κ2) is 6.37. The Labute approximate surface area is 120 Å². The molecule has 0 bridgehead atoms. The molecular weight excluding hydrogens is 250 g/mol. The van der Waals surface area contributed by atoms with Crippen LogP contribution in [-0.2, 0) is 6.54 Å².